The number of hydrogen-bond donors (Lipinski definition) is 2. The maximum atomic E-state index is 9.00. The zero-order valence-electron chi connectivity index (χ0n) is 7.94. The molecule has 1 aliphatic carbocycles. The van der Waals surface area contributed by atoms with Crippen LogP contribution in [0.2, 0.25) is 0 Å². The van der Waals surface area contributed by atoms with Gasteiger partial charge < -0.3 is 10.3 Å². The SMILES string of the molecule is CC(=O)O.ON=CC1CCCCC1. The molecule has 0 aliphatic heterocycles. The van der Waals surface area contributed by atoms with E-state index in [0.29, 0.717) is 5.92 Å². The van der Waals surface area contributed by atoms with E-state index in [-0.39, 0.29) is 0 Å². The van der Waals surface area contributed by atoms with Crippen molar-refractivity contribution in [2.75, 3.05) is 0 Å². The molecule has 1 aliphatic rings. The minimum atomic E-state index is -0.833. The van der Waals surface area contributed by atoms with E-state index in [1.54, 1.807) is 6.21 Å². The molecule has 4 heteroatoms. The Labute approximate surface area is 78.3 Å². The van der Waals surface area contributed by atoms with Crippen molar-refractivity contribution in [3.05, 3.63) is 0 Å². The predicted molar refractivity (Wildman–Crippen MR) is 50.2 cm³/mol. The molecule has 0 aromatic heterocycles. The van der Waals surface area contributed by atoms with Crippen LogP contribution >= 0.6 is 0 Å². The molecule has 0 radical (unpaired) electrons. The number of carboxylic acid groups (broad SMARTS) is 1. The van der Waals surface area contributed by atoms with Gasteiger partial charge in [-0.1, -0.05) is 19.3 Å². The molecule has 0 heterocycles. The number of carbonyl (C=O) groups is 1. The quantitative estimate of drug-likeness (QED) is 0.375. The molecule has 1 rings (SSSR count). The van der Waals surface area contributed by atoms with Crippen molar-refractivity contribution in [2.45, 2.75) is 39.0 Å². The Morgan fingerprint density at radius 1 is 1.38 bits per heavy atom. The second-order valence-corrected chi connectivity index (χ2v) is 3.18. The Hall–Kier alpha value is -1.06. The zero-order chi connectivity index (χ0) is 10.1. The molecule has 4 nitrogen and oxygen atoms in total. The van der Waals surface area contributed by atoms with Crippen LogP contribution in [0.5, 0.6) is 0 Å². The Bertz CT molecular complexity index is 158. The number of oxime groups is 1. The molecule has 0 amide bonds. The van der Waals surface area contributed by atoms with Gasteiger partial charge in [0, 0.05) is 13.1 Å². The van der Waals surface area contributed by atoms with E-state index in [0.717, 1.165) is 6.92 Å². The predicted octanol–water partition coefficient (Wildman–Crippen LogP) is 2.12. The maximum absolute atomic E-state index is 9.00. The number of nitrogens with zero attached hydrogens (tertiary/aromatic N) is 1. The van der Waals surface area contributed by atoms with E-state index in [2.05, 4.69) is 5.16 Å². The van der Waals surface area contributed by atoms with Crippen LogP contribution in [-0.4, -0.2) is 22.5 Å². The molecule has 1 fully saturated rings. The van der Waals surface area contributed by atoms with Gasteiger partial charge >= 0.3 is 0 Å². The summed E-state index contributed by atoms with van der Waals surface area (Å²) >= 11 is 0. The van der Waals surface area contributed by atoms with E-state index in [1.165, 1.54) is 32.1 Å². The Morgan fingerprint density at radius 3 is 2.23 bits per heavy atom. The monoisotopic (exact) mass is 187 g/mol. The van der Waals surface area contributed by atoms with Gasteiger partial charge in [-0.15, -0.1) is 5.16 Å². The molecule has 0 saturated heterocycles. The summed E-state index contributed by atoms with van der Waals surface area (Å²) < 4.78 is 0. The van der Waals surface area contributed by atoms with Crippen LogP contribution in [0, 0.1) is 5.92 Å². The fourth-order valence-electron chi connectivity index (χ4n) is 1.38. The van der Waals surface area contributed by atoms with Gasteiger partial charge in [0.25, 0.3) is 5.97 Å². The third kappa shape index (κ3) is 8.85. The molecule has 13 heavy (non-hydrogen) atoms. The number of carboxylic acids is 1. The van der Waals surface area contributed by atoms with Gasteiger partial charge in [0.05, 0.1) is 0 Å². The van der Waals surface area contributed by atoms with Gasteiger partial charge in [-0.05, 0) is 18.8 Å². The molecule has 0 atom stereocenters. The number of rotatable bonds is 1. The highest BCUT2D eigenvalue weighted by Gasteiger charge is 2.10. The van der Waals surface area contributed by atoms with Crippen LogP contribution in [0.1, 0.15) is 39.0 Å². The van der Waals surface area contributed by atoms with Gasteiger partial charge in [-0.25, -0.2) is 0 Å². The molecule has 0 spiro atoms. The van der Waals surface area contributed by atoms with E-state index in [1.807, 2.05) is 0 Å². The first-order valence-corrected chi connectivity index (χ1v) is 4.54. The zero-order valence-corrected chi connectivity index (χ0v) is 7.94. The molecular formula is C9H17NO3. The second kappa shape index (κ2) is 7.58. The van der Waals surface area contributed by atoms with Crippen LogP contribution in [-0.2, 0) is 4.79 Å². The molecule has 0 unspecified atom stereocenters. The fourth-order valence-corrected chi connectivity index (χ4v) is 1.38. The average Bonchev–Trinajstić information content (AvgIpc) is 2.06. The van der Waals surface area contributed by atoms with Crippen molar-refractivity contribution >= 4 is 12.2 Å². The minimum absolute atomic E-state index is 0.559. The largest absolute Gasteiger partial charge is 0.481 e. The lowest BCUT2D eigenvalue weighted by molar-refractivity contribution is -0.134. The summed E-state index contributed by atoms with van der Waals surface area (Å²) in [6, 6.07) is 0. The van der Waals surface area contributed by atoms with Crippen LogP contribution in [0.15, 0.2) is 5.16 Å². The van der Waals surface area contributed by atoms with Crippen molar-refractivity contribution in [1.82, 2.24) is 0 Å². The van der Waals surface area contributed by atoms with E-state index in [9.17, 15) is 0 Å². The summed E-state index contributed by atoms with van der Waals surface area (Å²) in [7, 11) is 0. The molecule has 0 bridgehead atoms. The minimum Gasteiger partial charge on any atom is -0.481 e. The highest BCUT2D eigenvalue weighted by Crippen LogP contribution is 2.21. The average molecular weight is 187 g/mol. The van der Waals surface area contributed by atoms with Gasteiger partial charge in [0.1, 0.15) is 0 Å². The van der Waals surface area contributed by atoms with Crippen LogP contribution in [0.25, 0.3) is 0 Å². The molecule has 76 valence electrons. The Balaban J connectivity index is 0.000000310. The Kier molecular flexibility index (Phi) is 6.96. The molecule has 0 aromatic carbocycles. The van der Waals surface area contributed by atoms with Crippen molar-refractivity contribution in [3.63, 3.8) is 0 Å². The van der Waals surface area contributed by atoms with Crippen molar-refractivity contribution < 1.29 is 15.1 Å². The standard InChI is InChI=1S/C7H13NO.C2H4O2/c9-8-6-7-4-2-1-3-5-7;1-2(3)4/h6-7,9H,1-5H2;1H3,(H,3,4). The van der Waals surface area contributed by atoms with Crippen LogP contribution < -0.4 is 0 Å². The molecule has 2 N–H and O–H groups in total. The van der Waals surface area contributed by atoms with Crippen molar-refractivity contribution in [3.8, 4) is 0 Å². The summed E-state index contributed by atoms with van der Waals surface area (Å²) in [5.74, 6) is -0.274. The van der Waals surface area contributed by atoms with Gasteiger partial charge in [0.15, 0.2) is 0 Å². The van der Waals surface area contributed by atoms with E-state index in [4.69, 9.17) is 15.1 Å². The lowest BCUT2D eigenvalue weighted by atomic mass is 9.90. The first-order chi connectivity index (χ1) is 6.16. The highest BCUT2D eigenvalue weighted by atomic mass is 16.4. The summed E-state index contributed by atoms with van der Waals surface area (Å²) in [6.07, 6.45) is 8.05. The lowest BCUT2D eigenvalue weighted by Crippen LogP contribution is -2.06. The third-order valence-corrected chi connectivity index (χ3v) is 1.93. The summed E-state index contributed by atoms with van der Waals surface area (Å²) in [5.41, 5.74) is 0. The molecule has 1 saturated carbocycles. The summed E-state index contributed by atoms with van der Waals surface area (Å²) in [6.45, 7) is 1.08. The smallest absolute Gasteiger partial charge is 0.300 e. The second-order valence-electron chi connectivity index (χ2n) is 3.18. The Morgan fingerprint density at radius 2 is 1.85 bits per heavy atom. The first kappa shape index (κ1) is 11.9. The van der Waals surface area contributed by atoms with E-state index < -0.39 is 5.97 Å². The summed E-state index contributed by atoms with van der Waals surface area (Å²) in [4.78, 5) is 9.00. The molecular weight excluding hydrogens is 170 g/mol. The highest BCUT2D eigenvalue weighted by molar-refractivity contribution is 5.63. The lowest BCUT2D eigenvalue weighted by Gasteiger charge is -2.15. The third-order valence-electron chi connectivity index (χ3n) is 1.93. The van der Waals surface area contributed by atoms with Gasteiger partial charge in [0.2, 0.25) is 0 Å². The van der Waals surface area contributed by atoms with E-state index >= 15 is 0 Å². The normalized spacial score (nSPS) is 17.9. The number of hydrogen-bond acceptors (Lipinski definition) is 3. The summed E-state index contributed by atoms with van der Waals surface area (Å²) in [5, 5.41) is 18.6. The topological polar surface area (TPSA) is 69.9 Å². The number of aliphatic carboxylic acids is 1. The van der Waals surface area contributed by atoms with Gasteiger partial charge in [-0.3, -0.25) is 4.79 Å². The van der Waals surface area contributed by atoms with Crippen LogP contribution in [0.3, 0.4) is 0 Å². The van der Waals surface area contributed by atoms with Gasteiger partial charge in [-0.2, -0.15) is 0 Å². The van der Waals surface area contributed by atoms with Crippen molar-refractivity contribution in [1.29, 1.82) is 0 Å². The first-order valence-electron chi connectivity index (χ1n) is 4.54. The van der Waals surface area contributed by atoms with Crippen LogP contribution in [0.4, 0.5) is 0 Å². The van der Waals surface area contributed by atoms with Crippen molar-refractivity contribution in [2.24, 2.45) is 11.1 Å². The maximum Gasteiger partial charge on any atom is 0.300 e. The fraction of sp³-hybridized carbons (Fsp3) is 0.778. The molecule has 0 aromatic rings.